The second-order valence-corrected chi connectivity index (χ2v) is 3.94. The predicted octanol–water partition coefficient (Wildman–Crippen LogP) is 3.00. The molecule has 0 saturated heterocycles. The van der Waals surface area contributed by atoms with Gasteiger partial charge in [-0.05, 0) is 31.6 Å². The Kier molecular flexibility index (Phi) is 9.33. The Morgan fingerprint density at radius 2 is 1.83 bits per heavy atom. The molecule has 0 aliphatic heterocycles. The normalized spacial score (nSPS) is 9.94. The number of nitrogens with zero attached hydrogens (tertiary/aromatic N) is 1. The van der Waals surface area contributed by atoms with Gasteiger partial charge in [0.15, 0.2) is 0 Å². The van der Waals surface area contributed by atoms with E-state index in [1.807, 2.05) is 18.2 Å². The molecule has 0 heterocycles. The van der Waals surface area contributed by atoms with Crippen LogP contribution in [0.1, 0.15) is 30.6 Å². The SMILES string of the molecule is CCCN(CC)CCOC(=O)c1ccccc1.Cl. The smallest absolute Gasteiger partial charge is 0.338 e. The summed E-state index contributed by atoms with van der Waals surface area (Å²) in [6, 6.07) is 9.10. The van der Waals surface area contributed by atoms with Crippen molar-refractivity contribution in [1.29, 1.82) is 0 Å². The highest BCUT2D eigenvalue weighted by molar-refractivity contribution is 5.89. The first-order valence-electron chi connectivity index (χ1n) is 6.22. The molecule has 1 aromatic rings. The maximum absolute atomic E-state index is 11.6. The topological polar surface area (TPSA) is 29.5 Å². The van der Waals surface area contributed by atoms with E-state index in [1.54, 1.807) is 12.1 Å². The maximum atomic E-state index is 11.6. The quantitative estimate of drug-likeness (QED) is 0.714. The lowest BCUT2D eigenvalue weighted by molar-refractivity contribution is 0.0464. The van der Waals surface area contributed by atoms with Crippen LogP contribution in [-0.4, -0.2) is 37.1 Å². The van der Waals surface area contributed by atoms with E-state index in [2.05, 4.69) is 18.7 Å². The Bertz CT molecular complexity index is 330. The molecule has 0 amide bonds. The lowest BCUT2D eigenvalue weighted by Gasteiger charge is -2.18. The average Bonchev–Trinajstić information content (AvgIpc) is 2.38. The van der Waals surface area contributed by atoms with Crippen LogP contribution in [0.25, 0.3) is 0 Å². The Hall–Kier alpha value is -1.06. The van der Waals surface area contributed by atoms with Crippen LogP contribution >= 0.6 is 12.4 Å². The van der Waals surface area contributed by atoms with Crippen molar-refractivity contribution in [2.45, 2.75) is 20.3 Å². The van der Waals surface area contributed by atoms with Crippen LogP contribution in [-0.2, 0) is 4.74 Å². The molecule has 0 saturated carbocycles. The molecule has 0 spiro atoms. The van der Waals surface area contributed by atoms with Gasteiger partial charge in [-0.2, -0.15) is 0 Å². The molecule has 0 bridgehead atoms. The second kappa shape index (κ2) is 9.92. The number of likely N-dealkylation sites (N-methyl/N-ethyl adjacent to an activating group) is 1. The van der Waals surface area contributed by atoms with Crippen LogP contribution < -0.4 is 0 Å². The van der Waals surface area contributed by atoms with Crippen molar-refractivity contribution < 1.29 is 9.53 Å². The van der Waals surface area contributed by atoms with Crippen molar-refractivity contribution >= 4 is 18.4 Å². The molecule has 0 atom stereocenters. The van der Waals surface area contributed by atoms with Gasteiger partial charge >= 0.3 is 5.97 Å². The minimum atomic E-state index is -0.238. The molecule has 3 nitrogen and oxygen atoms in total. The number of hydrogen-bond donors (Lipinski definition) is 0. The molecule has 1 rings (SSSR count). The summed E-state index contributed by atoms with van der Waals surface area (Å²) in [6.45, 7) is 7.59. The summed E-state index contributed by atoms with van der Waals surface area (Å²) in [5, 5.41) is 0. The van der Waals surface area contributed by atoms with Crippen LogP contribution in [0.15, 0.2) is 30.3 Å². The van der Waals surface area contributed by atoms with E-state index < -0.39 is 0 Å². The fourth-order valence-corrected chi connectivity index (χ4v) is 1.67. The largest absolute Gasteiger partial charge is 0.461 e. The Labute approximate surface area is 116 Å². The number of ether oxygens (including phenoxy) is 1. The zero-order valence-electron chi connectivity index (χ0n) is 11.1. The zero-order chi connectivity index (χ0) is 12.5. The van der Waals surface area contributed by atoms with Gasteiger partial charge in [0.05, 0.1) is 5.56 Å². The van der Waals surface area contributed by atoms with Gasteiger partial charge in [0.2, 0.25) is 0 Å². The summed E-state index contributed by atoms with van der Waals surface area (Å²) in [5.74, 6) is -0.238. The number of esters is 1. The number of carbonyl (C=O) groups is 1. The summed E-state index contributed by atoms with van der Waals surface area (Å²) in [7, 11) is 0. The van der Waals surface area contributed by atoms with Crippen molar-refractivity contribution in [1.82, 2.24) is 4.90 Å². The Morgan fingerprint density at radius 3 is 2.39 bits per heavy atom. The van der Waals surface area contributed by atoms with Gasteiger partial charge in [-0.25, -0.2) is 4.79 Å². The van der Waals surface area contributed by atoms with Crippen molar-refractivity contribution in [3.63, 3.8) is 0 Å². The highest BCUT2D eigenvalue weighted by Crippen LogP contribution is 2.01. The lowest BCUT2D eigenvalue weighted by Crippen LogP contribution is -2.28. The van der Waals surface area contributed by atoms with Crippen LogP contribution in [0, 0.1) is 0 Å². The van der Waals surface area contributed by atoms with Crippen LogP contribution in [0.3, 0.4) is 0 Å². The molecule has 4 heteroatoms. The number of hydrogen-bond acceptors (Lipinski definition) is 3. The zero-order valence-corrected chi connectivity index (χ0v) is 11.9. The standard InChI is InChI=1S/C14H21NO2.ClH/c1-3-10-15(4-2)11-12-17-14(16)13-8-6-5-7-9-13;/h5-9H,3-4,10-12H2,1-2H3;1H. The molecule has 0 radical (unpaired) electrons. The third kappa shape index (κ3) is 6.03. The van der Waals surface area contributed by atoms with Gasteiger partial charge in [-0.1, -0.05) is 32.0 Å². The number of rotatable bonds is 7. The van der Waals surface area contributed by atoms with E-state index in [1.165, 1.54) is 0 Å². The first kappa shape index (κ1) is 16.9. The van der Waals surface area contributed by atoms with E-state index in [-0.39, 0.29) is 18.4 Å². The van der Waals surface area contributed by atoms with Gasteiger partial charge in [0, 0.05) is 6.54 Å². The fraction of sp³-hybridized carbons (Fsp3) is 0.500. The third-order valence-corrected chi connectivity index (χ3v) is 2.64. The molecule has 0 unspecified atom stereocenters. The number of halogens is 1. The highest BCUT2D eigenvalue weighted by Gasteiger charge is 2.07. The van der Waals surface area contributed by atoms with Crippen LogP contribution in [0.4, 0.5) is 0 Å². The van der Waals surface area contributed by atoms with Gasteiger partial charge in [0.25, 0.3) is 0 Å². The van der Waals surface area contributed by atoms with E-state index in [0.717, 1.165) is 26.1 Å². The summed E-state index contributed by atoms with van der Waals surface area (Å²) < 4.78 is 5.23. The first-order chi connectivity index (χ1) is 8.27. The van der Waals surface area contributed by atoms with Crippen LogP contribution in [0.2, 0.25) is 0 Å². The molecular formula is C14H22ClNO2. The molecule has 1 aromatic carbocycles. The van der Waals surface area contributed by atoms with Crippen molar-refractivity contribution in [2.75, 3.05) is 26.2 Å². The minimum absolute atomic E-state index is 0. The molecule has 0 fully saturated rings. The van der Waals surface area contributed by atoms with E-state index in [0.29, 0.717) is 12.2 Å². The van der Waals surface area contributed by atoms with Gasteiger partial charge < -0.3 is 9.64 Å². The van der Waals surface area contributed by atoms with Crippen molar-refractivity contribution in [2.24, 2.45) is 0 Å². The second-order valence-electron chi connectivity index (χ2n) is 3.94. The molecule has 0 aliphatic rings. The summed E-state index contributed by atoms with van der Waals surface area (Å²) in [5.41, 5.74) is 0.617. The number of carbonyl (C=O) groups excluding carboxylic acids is 1. The molecule has 102 valence electrons. The molecule has 0 N–H and O–H groups in total. The third-order valence-electron chi connectivity index (χ3n) is 2.64. The summed E-state index contributed by atoms with van der Waals surface area (Å²) in [6.07, 6.45) is 1.13. The average molecular weight is 272 g/mol. The van der Waals surface area contributed by atoms with Crippen molar-refractivity contribution in [3.8, 4) is 0 Å². The molecular weight excluding hydrogens is 250 g/mol. The Balaban J connectivity index is 0.00000289. The Morgan fingerprint density at radius 1 is 1.17 bits per heavy atom. The van der Waals surface area contributed by atoms with E-state index >= 15 is 0 Å². The number of benzene rings is 1. The molecule has 0 aromatic heterocycles. The first-order valence-corrected chi connectivity index (χ1v) is 6.22. The predicted molar refractivity (Wildman–Crippen MR) is 76.4 cm³/mol. The molecule has 0 aliphatic carbocycles. The van der Waals surface area contributed by atoms with Gasteiger partial charge in [-0.3, -0.25) is 0 Å². The van der Waals surface area contributed by atoms with E-state index in [4.69, 9.17) is 4.74 Å². The summed E-state index contributed by atoms with van der Waals surface area (Å²) >= 11 is 0. The molecule has 18 heavy (non-hydrogen) atoms. The van der Waals surface area contributed by atoms with Crippen molar-refractivity contribution in [3.05, 3.63) is 35.9 Å². The monoisotopic (exact) mass is 271 g/mol. The van der Waals surface area contributed by atoms with Crippen LogP contribution in [0.5, 0.6) is 0 Å². The van der Waals surface area contributed by atoms with Gasteiger partial charge in [-0.15, -0.1) is 12.4 Å². The minimum Gasteiger partial charge on any atom is -0.461 e. The maximum Gasteiger partial charge on any atom is 0.338 e. The lowest BCUT2D eigenvalue weighted by atomic mass is 10.2. The highest BCUT2D eigenvalue weighted by atomic mass is 35.5. The van der Waals surface area contributed by atoms with E-state index in [9.17, 15) is 4.79 Å². The van der Waals surface area contributed by atoms with Gasteiger partial charge in [0.1, 0.15) is 6.61 Å². The fourth-order valence-electron chi connectivity index (χ4n) is 1.67. The summed E-state index contributed by atoms with van der Waals surface area (Å²) in [4.78, 5) is 13.9.